The predicted molar refractivity (Wildman–Crippen MR) is 111 cm³/mol. The number of nitrogens with zero attached hydrogens (tertiary/aromatic N) is 2. The van der Waals surface area contributed by atoms with Gasteiger partial charge in [0.1, 0.15) is 5.75 Å². The van der Waals surface area contributed by atoms with Crippen LogP contribution in [0.5, 0.6) is 5.75 Å². The zero-order valence-corrected chi connectivity index (χ0v) is 16.3. The lowest BCUT2D eigenvalue weighted by Crippen LogP contribution is -2.11. The van der Waals surface area contributed by atoms with Crippen molar-refractivity contribution in [3.8, 4) is 17.0 Å². The van der Waals surface area contributed by atoms with Crippen LogP contribution in [0.25, 0.3) is 21.5 Å². The quantitative estimate of drug-likeness (QED) is 0.471. The van der Waals surface area contributed by atoms with Gasteiger partial charge in [-0.25, -0.2) is 9.97 Å². The van der Waals surface area contributed by atoms with E-state index >= 15 is 0 Å². The molecule has 0 bridgehead atoms. The molecular weight excluding hydrogens is 378 g/mol. The van der Waals surface area contributed by atoms with Crippen LogP contribution < -0.4 is 10.1 Å². The van der Waals surface area contributed by atoms with Crippen LogP contribution >= 0.6 is 22.7 Å². The Labute approximate surface area is 164 Å². The molecule has 2 aromatic heterocycles. The normalized spacial score (nSPS) is 10.9. The molecule has 1 N–H and O–H groups in total. The number of carbonyl (C=O) groups excluding carboxylic acids is 1. The van der Waals surface area contributed by atoms with Crippen molar-refractivity contribution in [3.05, 3.63) is 58.9 Å². The molecule has 0 radical (unpaired) electrons. The van der Waals surface area contributed by atoms with Gasteiger partial charge in [0.2, 0.25) is 0 Å². The highest BCUT2D eigenvalue weighted by Gasteiger charge is 2.11. The Morgan fingerprint density at radius 2 is 2.00 bits per heavy atom. The fourth-order valence-corrected chi connectivity index (χ4v) is 4.00. The van der Waals surface area contributed by atoms with Gasteiger partial charge < -0.3 is 4.74 Å². The summed E-state index contributed by atoms with van der Waals surface area (Å²) in [6, 6.07) is 13.3. The van der Waals surface area contributed by atoms with E-state index in [4.69, 9.17) is 4.74 Å². The smallest absolute Gasteiger partial charge is 0.257 e. The highest BCUT2D eigenvalue weighted by Crippen LogP contribution is 2.27. The van der Waals surface area contributed by atoms with Crippen molar-refractivity contribution in [3.63, 3.8) is 0 Å². The van der Waals surface area contributed by atoms with Crippen LogP contribution in [0.15, 0.2) is 53.4 Å². The van der Waals surface area contributed by atoms with Crippen LogP contribution in [0.2, 0.25) is 0 Å². The molecule has 5 nitrogen and oxygen atoms in total. The van der Waals surface area contributed by atoms with E-state index in [0.717, 1.165) is 33.6 Å². The Hall–Kier alpha value is -2.77. The molecule has 4 rings (SSSR count). The van der Waals surface area contributed by atoms with Gasteiger partial charge in [-0.3, -0.25) is 10.1 Å². The van der Waals surface area contributed by atoms with Gasteiger partial charge in [0.15, 0.2) is 5.13 Å². The number of rotatable bonds is 6. The lowest BCUT2D eigenvalue weighted by molar-refractivity contribution is 0.102. The second-order valence-electron chi connectivity index (χ2n) is 5.90. The van der Waals surface area contributed by atoms with E-state index in [-0.39, 0.29) is 5.91 Å². The largest absolute Gasteiger partial charge is 0.494 e. The van der Waals surface area contributed by atoms with E-state index in [1.165, 1.54) is 22.7 Å². The van der Waals surface area contributed by atoms with Crippen LogP contribution in [0, 0.1) is 0 Å². The summed E-state index contributed by atoms with van der Waals surface area (Å²) < 4.78 is 6.59. The molecule has 0 atom stereocenters. The summed E-state index contributed by atoms with van der Waals surface area (Å²) in [5.41, 5.74) is 5.09. The zero-order valence-electron chi connectivity index (χ0n) is 14.6. The van der Waals surface area contributed by atoms with Gasteiger partial charge in [-0.05, 0) is 48.9 Å². The molecule has 136 valence electrons. The molecule has 0 aliphatic heterocycles. The van der Waals surface area contributed by atoms with Crippen LogP contribution in [-0.4, -0.2) is 22.5 Å². The van der Waals surface area contributed by atoms with Gasteiger partial charge >= 0.3 is 0 Å². The minimum absolute atomic E-state index is 0.172. The molecule has 0 unspecified atom stereocenters. The van der Waals surface area contributed by atoms with Crippen LogP contribution in [0.3, 0.4) is 0 Å². The van der Waals surface area contributed by atoms with Crippen molar-refractivity contribution in [2.24, 2.45) is 0 Å². The first-order valence-electron chi connectivity index (χ1n) is 8.56. The highest BCUT2D eigenvalue weighted by atomic mass is 32.1. The Bertz CT molecular complexity index is 1070. The molecule has 0 aliphatic rings. The van der Waals surface area contributed by atoms with Crippen molar-refractivity contribution in [2.75, 3.05) is 11.9 Å². The van der Waals surface area contributed by atoms with E-state index in [9.17, 15) is 4.79 Å². The van der Waals surface area contributed by atoms with E-state index in [2.05, 4.69) is 22.2 Å². The SMILES string of the molecule is CCCOc1ccc(-c2csc(NC(=O)c3ccc4ncsc4c3)n2)cc1. The lowest BCUT2D eigenvalue weighted by atomic mass is 10.2. The summed E-state index contributed by atoms with van der Waals surface area (Å²) in [4.78, 5) is 21.3. The molecule has 2 heterocycles. The van der Waals surface area contributed by atoms with E-state index < -0.39 is 0 Å². The first-order valence-corrected chi connectivity index (χ1v) is 10.3. The fraction of sp³-hybridized carbons (Fsp3) is 0.150. The zero-order chi connectivity index (χ0) is 18.6. The molecule has 0 saturated heterocycles. The molecule has 0 fully saturated rings. The molecule has 0 saturated carbocycles. The summed E-state index contributed by atoms with van der Waals surface area (Å²) in [5.74, 6) is 0.678. The second-order valence-corrected chi connectivity index (χ2v) is 7.64. The fourth-order valence-electron chi connectivity index (χ4n) is 2.57. The van der Waals surface area contributed by atoms with Crippen LogP contribution in [-0.2, 0) is 0 Å². The molecule has 7 heteroatoms. The summed E-state index contributed by atoms with van der Waals surface area (Å²) in [7, 11) is 0. The number of hydrogen-bond acceptors (Lipinski definition) is 6. The maximum atomic E-state index is 12.5. The molecule has 2 aromatic carbocycles. The van der Waals surface area contributed by atoms with Gasteiger partial charge in [0, 0.05) is 16.5 Å². The van der Waals surface area contributed by atoms with Crippen molar-refractivity contribution in [1.29, 1.82) is 0 Å². The number of nitrogens with one attached hydrogen (secondary N) is 1. The van der Waals surface area contributed by atoms with Crippen molar-refractivity contribution >= 4 is 43.9 Å². The topological polar surface area (TPSA) is 64.1 Å². The number of aromatic nitrogens is 2. The molecule has 0 aliphatic carbocycles. The van der Waals surface area contributed by atoms with Crippen LogP contribution in [0.1, 0.15) is 23.7 Å². The summed E-state index contributed by atoms with van der Waals surface area (Å²) in [5, 5.41) is 5.38. The molecule has 0 spiro atoms. The van der Waals surface area contributed by atoms with E-state index in [1.54, 1.807) is 11.6 Å². The standard InChI is InChI=1S/C20H17N3O2S2/c1-2-9-25-15-6-3-13(4-7-15)17-11-26-20(22-17)23-19(24)14-5-8-16-18(10-14)27-12-21-16/h3-8,10-12H,2,9H2,1H3,(H,22,23,24). The van der Waals surface area contributed by atoms with Gasteiger partial charge in [0.25, 0.3) is 5.91 Å². The first-order chi connectivity index (χ1) is 13.2. The Balaban J connectivity index is 1.46. The number of hydrogen-bond donors (Lipinski definition) is 1. The van der Waals surface area contributed by atoms with Crippen LogP contribution in [0.4, 0.5) is 5.13 Å². The van der Waals surface area contributed by atoms with Gasteiger partial charge in [-0.15, -0.1) is 22.7 Å². The number of anilines is 1. The third kappa shape index (κ3) is 3.99. The van der Waals surface area contributed by atoms with Crippen molar-refractivity contribution < 1.29 is 9.53 Å². The monoisotopic (exact) mass is 395 g/mol. The minimum Gasteiger partial charge on any atom is -0.494 e. The molecule has 4 aromatic rings. The number of ether oxygens (including phenoxy) is 1. The minimum atomic E-state index is -0.172. The third-order valence-electron chi connectivity index (χ3n) is 3.94. The maximum absolute atomic E-state index is 12.5. The maximum Gasteiger partial charge on any atom is 0.257 e. The van der Waals surface area contributed by atoms with Gasteiger partial charge in [-0.1, -0.05) is 6.92 Å². The summed E-state index contributed by atoms with van der Waals surface area (Å²) in [6.45, 7) is 2.79. The Kier molecular flexibility index (Phi) is 5.13. The summed E-state index contributed by atoms with van der Waals surface area (Å²) >= 11 is 2.92. The average molecular weight is 396 g/mol. The Morgan fingerprint density at radius 3 is 2.81 bits per heavy atom. The molecule has 1 amide bonds. The van der Waals surface area contributed by atoms with E-state index in [1.807, 2.05) is 41.8 Å². The number of thiazole rings is 2. The number of amides is 1. The van der Waals surface area contributed by atoms with Crippen molar-refractivity contribution in [1.82, 2.24) is 9.97 Å². The lowest BCUT2D eigenvalue weighted by Gasteiger charge is -2.04. The predicted octanol–water partition coefficient (Wildman–Crippen LogP) is 5.46. The second kappa shape index (κ2) is 7.85. The average Bonchev–Trinajstić information content (AvgIpc) is 3.35. The summed E-state index contributed by atoms with van der Waals surface area (Å²) in [6.07, 6.45) is 0.979. The first kappa shape index (κ1) is 17.6. The van der Waals surface area contributed by atoms with Gasteiger partial charge in [-0.2, -0.15) is 0 Å². The molecule has 27 heavy (non-hydrogen) atoms. The number of fused-ring (bicyclic) bond motifs is 1. The molecular formula is C20H17N3O2S2. The van der Waals surface area contributed by atoms with Crippen molar-refractivity contribution in [2.45, 2.75) is 13.3 Å². The third-order valence-corrected chi connectivity index (χ3v) is 5.49. The van der Waals surface area contributed by atoms with E-state index in [0.29, 0.717) is 17.3 Å². The Morgan fingerprint density at radius 1 is 1.15 bits per heavy atom. The van der Waals surface area contributed by atoms with Gasteiger partial charge in [0.05, 0.1) is 28.0 Å². The highest BCUT2D eigenvalue weighted by molar-refractivity contribution is 7.16. The number of benzene rings is 2. The number of carbonyl (C=O) groups is 1.